The molecule has 0 aromatic heterocycles. The van der Waals surface area contributed by atoms with Crippen LogP contribution in [0.1, 0.15) is 13.8 Å². The van der Waals surface area contributed by atoms with Crippen LogP contribution in [0.4, 0.5) is 0 Å². The molecule has 1 fully saturated rings. The lowest BCUT2D eigenvalue weighted by Crippen LogP contribution is -2.53. The minimum Gasteiger partial charge on any atom is -0.355 e. The van der Waals surface area contributed by atoms with Gasteiger partial charge in [0.05, 0.1) is 12.5 Å². The molecule has 0 aromatic carbocycles. The number of halogens is 1. The molecule has 1 rings (SSSR count). The van der Waals surface area contributed by atoms with Gasteiger partial charge in [0.25, 0.3) is 0 Å². The summed E-state index contributed by atoms with van der Waals surface area (Å²) >= 11 is 0. The molecule has 0 unspecified atom stereocenters. The van der Waals surface area contributed by atoms with Crippen molar-refractivity contribution >= 4 is 24.2 Å². The van der Waals surface area contributed by atoms with Crippen LogP contribution in [-0.4, -0.2) is 49.4 Å². The van der Waals surface area contributed by atoms with Gasteiger partial charge in [0.15, 0.2) is 0 Å². The first-order valence-electron chi connectivity index (χ1n) is 5.45. The van der Waals surface area contributed by atoms with Crippen molar-refractivity contribution in [2.24, 2.45) is 5.92 Å². The zero-order chi connectivity index (χ0) is 11.3. The van der Waals surface area contributed by atoms with Crippen LogP contribution in [0.5, 0.6) is 0 Å². The Morgan fingerprint density at radius 1 is 1.38 bits per heavy atom. The van der Waals surface area contributed by atoms with E-state index < -0.39 is 0 Å². The average molecular weight is 250 g/mol. The normalized spacial score (nSPS) is 14.6. The van der Waals surface area contributed by atoms with E-state index in [1.165, 1.54) is 0 Å². The van der Waals surface area contributed by atoms with E-state index in [0.29, 0.717) is 13.1 Å². The summed E-state index contributed by atoms with van der Waals surface area (Å²) in [6.45, 7) is 6.62. The molecule has 1 aliphatic rings. The number of likely N-dealkylation sites (N-methyl/N-ethyl adjacent to an activating group) is 2. The Balaban J connectivity index is 0.00000225. The Morgan fingerprint density at radius 3 is 2.38 bits per heavy atom. The van der Waals surface area contributed by atoms with Gasteiger partial charge in [-0.3, -0.25) is 9.59 Å². The molecule has 0 saturated carbocycles. The van der Waals surface area contributed by atoms with Crippen molar-refractivity contribution in [1.29, 1.82) is 0 Å². The second kappa shape index (κ2) is 7.46. The number of nitrogens with zero attached hydrogens (tertiary/aromatic N) is 1. The number of carbonyl (C=O) groups is 2. The first kappa shape index (κ1) is 15.2. The Kier molecular flexibility index (Phi) is 7.08. The first-order chi connectivity index (χ1) is 7.19. The molecule has 2 N–H and O–H groups in total. The van der Waals surface area contributed by atoms with E-state index in [9.17, 15) is 9.59 Å². The van der Waals surface area contributed by atoms with E-state index in [0.717, 1.165) is 13.1 Å². The first-order valence-corrected chi connectivity index (χ1v) is 5.45. The van der Waals surface area contributed by atoms with E-state index >= 15 is 0 Å². The van der Waals surface area contributed by atoms with Crippen LogP contribution in [0, 0.1) is 5.92 Å². The van der Waals surface area contributed by atoms with Gasteiger partial charge in [0.2, 0.25) is 11.8 Å². The molecule has 0 aliphatic carbocycles. The molecule has 6 heteroatoms. The highest BCUT2D eigenvalue weighted by atomic mass is 35.5. The quantitative estimate of drug-likeness (QED) is 0.698. The number of hydrogen-bond donors (Lipinski definition) is 2. The number of amides is 2. The fourth-order valence-electron chi connectivity index (χ4n) is 1.49. The van der Waals surface area contributed by atoms with Crippen molar-refractivity contribution in [2.75, 3.05) is 32.7 Å². The second-order valence-corrected chi connectivity index (χ2v) is 3.66. The van der Waals surface area contributed by atoms with Gasteiger partial charge in [-0.15, -0.1) is 12.4 Å². The molecule has 1 heterocycles. The van der Waals surface area contributed by atoms with Gasteiger partial charge in [-0.05, 0) is 13.8 Å². The highest BCUT2D eigenvalue weighted by molar-refractivity contribution is 5.86. The molecule has 0 radical (unpaired) electrons. The van der Waals surface area contributed by atoms with Crippen LogP contribution in [0.15, 0.2) is 0 Å². The lowest BCUT2D eigenvalue weighted by molar-refractivity contribution is -0.140. The van der Waals surface area contributed by atoms with Crippen LogP contribution in [0.25, 0.3) is 0 Å². The maximum atomic E-state index is 11.8. The Morgan fingerprint density at radius 2 is 2.00 bits per heavy atom. The van der Waals surface area contributed by atoms with Crippen LogP contribution in [-0.2, 0) is 9.59 Å². The molecule has 0 atom stereocenters. The second-order valence-electron chi connectivity index (χ2n) is 3.66. The van der Waals surface area contributed by atoms with Crippen molar-refractivity contribution < 1.29 is 9.59 Å². The summed E-state index contributed by atoms with van der Waals surface area (Å²) in [7, 11) is 0. The third-order valence-electron chi connectivity index (χ3n) is 2.53. The number of rotatable bonds is 5. The van der Waals surface area contributed by atoms with Gasteiger partial charge in [-0.2, -0.15) is 0 Å². The summed E-state index contributed by atoms with van der Waals surface area (Å²) in [6, 6.07) is 0. The highest BCUT2D eigenvalue weighted by Gasteiger charge is 2.29. The van der Waals surface area contributed by atoms with Gasteiger partial charge in [-0.25, -0.2) is 0 Å². The van der Waals surface area contributed by atoms with Crippen molar-refractivity contribution in [3.8, 4) is 0 Å². The van der Waals surface area contributed by atoms with Crippen molar-refractivity contribution in [3.05, 3.63) is 0 Å². The minimum absolute atomic E-state index is 0. The minimum atomic E-state index is -0.0833. The number of hydrogen-bond acceptors (Lipinski definition) is 3. The molecule has 16 heavy (non-hydrogen) atoms. The number of carbonyl (C=O) groups excluding carboxylic acids is 2. The molecule has 0 aromatic rings. The lowest BCUT2D eigenvalue weighted by atomic mass is 10.0. The SMILES string of the molecule is CCNC(=O)CN(CC)C(=O)C1CNC1.Cl. The summed E-state index contributed by atoms with van der Waals surface area (Å²) in [5, 5.41) is 5.74. The Bertz CT molecular complexity index is 244. The third kappa shape index (κ3) is 3.98. The van der Waals surface area contributed by atoms with Crippen LogP contribution < -0.4 is 10.6 Å². The predicted octanol–water partition coefficient (Wildman–Crippen LogP) is -0.388. The van der Waals surface area contributed by atoms with Gasteiger partial charge >= 0.3 is 0 Å². The van der Waals surface area contributed by atoms with Crippen LogP contribution >= 0.6 is 12.4 Å². The lowest BCUT2D eigenvalue weighted by Gasteiger charge is -2.31. The van der Waals surface area contributed by atoms with Crippen LogP contribution in [0.3, 0.4) is 0 Å². The fourth-order valence-corrected chi connectivity index (χ4v) is 1.49. The van der Waals surface area contributed by atoms with Gasteiger partial charge in [0.1, 0.15) is 0 Å². The monoisotopic (exact) mass is 249 g/mol. The van der Waals surface area contributed by atoms with Crippen LogP contribution in [0.2, 0.25) is 0 Å². The van der Waals surface area contributed by atoms with E-state index in [1.54, 1.807) is 4.90 Å². The molecule has 2 amide bonds. The molecule has 0 bridgehead atoms. The topological polar surface area (TPSA) is 61.4 Å². The van der Waals surface area contributed by atoms with Crippen molar-refractivity contribution in [1.82, 2.24) is 15.5 Å². The molecule has 0 spiro atoms. The summed E-state index contributed by atoms with van der Waals surface area (Å²) in [4.78, 5) is 24.7. The highest BCUT2D eigenvalue weighted by Crippen LogP contribution is 2.07. The zero-order valence-corrected chi connectivity index (χ0v) is 10.6. The Hall–Kier alpha value is -0.810. The third-order valence-corrected chi connectivity index (χ3v) is 2.53. The predicted molar refractivity (Wildman–Crippen MR) is 64.5 cm³/mol. The molecule has 1 saturated heterocycles. The molecular formula is C10H20ClN3O2. The maximum absolute atomic E-state index is 11.8. The molecule has 94 valence electrons. The summed E-state index contributed by atoms with van der Waals surface area (Å²) in [5.74, 6) is 0.0712. The van der Waals surface area contributed by atoms with E-state index in [4.69, 9.17) is 0 Å². The summed E-state index contributed by atoms with van der Waals surface area (Å²) in [5.41, 5.74) is 0. The maximum Gasteiger partial charge on any atom is 0.239 e. The van der Waals surface area contributed by atoms with E-state index in [1.807, 2.05) is 13.8 Å². The zero-order valence-electron chi connectivity index (χ0n) is 9.78. The standard InChI is InChI=1S/C10H19N3O2.ClH/c1-3-12-9(14)7-13(4-2)10(15)8-5-11-6-8;/h8,11H,3-7H2,1-2H3,(H,12,14);1H. The molecular weight excluding hydrogens is 230 g/mol. The van der Waals surface area contributed by atoms with Gasteiger partial charge < -0.3 is 15.5 Å². The number of nitrogens with one attached hydrogen (secondary N) is 2. The largest absolute Gasteiger partial charge is 0.355 e. The van der Waals surface area contributed by atoms with Gasteiger partial charge in [-0.1, -0.05) is 0 Å². The average Bonchev–Trinajstić information content (AvgIpc) is 2.11. The van der Waals surface area contributed by atoms with Crippen molar-refractivity contribution in [3.63, 3.8) is 0 Å². The molecule has 5 nitrogen and oxygen atoms in total. The van der Waals surface area contributed by atoms with Crippen molar-refractivity contribution in [2.45, 2.75) is 13.8 Å². The van der Waals surface area contributed by atoms with E-state index in [-0.39, 0.29) is 36.7 Å². The smallest absolute Gasteiger partial charge is 0.239 e. The summed E-state index contributed by atoms with van der Waals surface area (Å²) in [6.07, 6.45) is 0. The molecule has 1 aliphatic heterocycles. The fraction of sp³-hybridized carbons (Fsp3) is 0.800. The Labute approximate surface area is 102 Å². The van der Waals surface area contributed by atoms with Gasteiger partial charge in [0, 0.05) is 26.2 Å². The van der Waals surface area contributed by atoms with E-state index in [2.05, 4.69) is 10.6 Å². The summed E-state index contributed by atoms with van der Waals surface area (Å²) < 4.78 is 0.